The molecule has 25 heavy (non-hydrogen) atoms. The predicted octanol–water partition coefficient (Wildman–Crippen LogP) is 3.28. The number of hydrogen-bond donors (Lipinski definition) is 1. The normalized spacial score (nSPS) is 15.7. The molecule has 1 aliphatic rings. The van der Waals surface area contributed by atoms with Crippen molar-refractivity contribution < 1.29 is 14.0 Å². The molecular weight excluding hydrogens is 341 g/mol. The van der Waals surface area contributed by atoms with E-state index in [1.807, 2.05) is 12.1 Å². The van der Waals surface area contributed by atoms with E-state index in [-0.39, 0.29) is 17.2 Å². The van der Waals surface area contributed by atoms with Gasteiger partial charge in [0.2, 0.25) is 5.91 Å². The first-order valence-corrected chi connectivity index (χ1v) is 8.31. The Hall–Kier alpha value is -3.11. The zero-order chi connectivity index (χ0) is 17.8. The number of nitrogens with one attached hydrogen (secondary N) is 1. The molecule has 3 rings (SSSR count). The third-order valence-electron chi connectivity index (χ3n) is 3.45. The van der Waals surface area contributed by atoms with Gasteiger partial charge < -0.3 is 5.32 Å². The lowest BCUT2D eigenvalue weighted by Gasteiger charge is -2.18. The number of thioether (sulfide) groups is 1. The van der Waals surface area contributed by atoms with Crippen molar-refractivity contribution in [1.82, 2.24) is 0 Å². The summed E-state index contributed by atoms with van der Waals surface area (Å²) in [6, 6.07) is 15.9. The molecular formula is C18H12FN3O2S. The summed E-state index contributed by atoms with van der Waals surface area (Å²) >= 11 is 1.14. The summed E-state index contributed by atoms with van der Waals surface area (Å²) in [5.41, 5.74) is 0.791. The molecule has 5 nitrogen and oxygen atoms in total. The molecule has 0 atom stereocenters. The second kappa shape index (κ2) is 7.20. The molecule has 124 valence electrons. The van der Waals surface area contributed by atoms with Crippen molar-refractivity contribution in [3.05, 3.63) is 71.0 Å². The number of hydrogen-bond acceptors (Lipinski definition) is 4. The molecule has 1 fully saturated rings. The number of amides is 2. The van der Waals surface area contributed by atoms with Crippen molar-refractivity contribution in [2.75, 3.05) is 16.0 Å². The van der Waals surface area contributed by atoms with Crippen molar-refractivity contribution in [3.63, 3.8) is 0 Å². The molecule has 0 radical (unpaired) electrons. The van der Waals surface area contributed by atoms with E-state index in [1.165, 1.54) is 29.2 Å². The second-order valence-corrected chi connectivity index (χ2v) is 6.07. The highest BCUT2D eigenvalue weighted by atomic mass is 32.2. The van der Waals surface area contributed by atoms with E-state index in [0.717, 1.165) is 11.8 Å². The van der Waals surface area contributed by atoms with E-state index >= 15 is 0 Å². The summed E-state index contributed by atoms with van der Waals surface area (Å²) in [5.74, 6) is -1.12. The van der Waals surface area contributed by atoms with Gasteiger partial charge in [0.25, 0.3) is 5.91 Å². The zero-order valence-electron chi connectivity index (χ0n) is 12.9. The zero-order valence-corrected chi connectivity index (χ0v) is 13.7. The Morgan fingerprint density at radius 2 is 1.84 bits per heavy atom. The van der Waals surface area contributed by atoms with E-state index in [1.54, 1.807) is 24.3 Å². The van der Waals surface area contributed by atoms with Crippen LogP contribution in [-0.4, -0.2) is 17.6 Å². The number of benzene rings is 2. The van der Waals surface area contributed by atoms with E-state index in [0.29, 0.717) is 16.4 Å². The SMILES string of the molecule is N#C/C(C(=O)Nc1ccc(F)cc1)=C1\SCC(=O)N1c1ccccc1. The fourth-order valence-electron chi connectivity index (χ4n) is 2.32. The molecule has 7 heteroatoms. The third kappa shape index (κ3) is 3.54. The molecule has 0 saturated carbocycles. The van der Waals surface area contributed by atoms with Gasteiger partial charge in [0.15, 0.2) is 0 Å². The van der Waals surface area contributed by atoms with Crippen LogP contribution in [0.15, 0.2) is 65.2 Å². The topological polar surface area (TPSA) is 73.2 Å². The number of rotatable bonds is 3. The number of nitrogens with zero attached hydrogens (tertiary/aromatic N) is 2. The predicted molar refractivity (Wildman–Crippen MR) is 94.1 cm³/mol. The molecule has 1 aliphatic heterocycles. The lowest BCUT2D eigenvalue weighted by molar-refractivity contribution is -0.115. The van der Waals surface area contributed by atoms with Crippen LogP contribution in [0.2, 0.25) is 0 Å². The quantitative estimate of drug-likeness (QED) is 0.679. The van der Waals surface area contributed by atoms with Gasteiger partial charge in [0, 0.05) is 11.4 Å². The van der Waals surface area contributed by atoms with Crippen molar-refractivity contribution in [2.45, 2.75) is 0 Å². The highest BCUT2D eigenvalue weighted by molar-refractivity contribution is 8.04. The first kappa shape index (κ1) is 16.7. The van der Waals surface area contributed by atoms with Crippen molar-refractivity contribution in [2.24, 2.45) is 0 Å². The van der Waals surface area contributed by atoms with Gasteiger partial charge in [-0.05, 0) is 36.4 Å². The summed E-state index contributed by atoms with van der Waals surface area (Å²) in [7, 11) is 0. The minimum atomic E-state index is -0.646. The molecule has 0 spiro atoms. The maximum atomic E-state index is 13.0. The standard InChI is InChI=1S/C18H12FN3O2S/c19-12-6-8-13(9-7-12)21-17(24)15(10-20)18-22(16(23)11-25-18)14-4-2-1-3-5-14/h1-9H,11H2,(H,21,24)/b18-15+. The molecule has 2 amide bonds. The van der Waals surface area contributed by atoms with Crippen molar-refractivity contribution >= 4 is 35.0 Å². The smallest absolute Gasteiger partial charge is 0.269 e. The van der Waals surface area contributed by atoms with Crippen LogP contribution in [0.25, 0.3) is 0 Å². The summed E-state index contributed by atoms with van der Waals surface area (Å²) in [6.07, 6.45) is 0. The lowest BCUT2D eigenvalue weighted by atomic mass is 10.2. The van der Waals surface area contributed by atoms with E-state index in [2.05, 4.69) is 5.32 Å². The second-order valence-electron chi connectivity index (χ2n) is 5.11. The number of carbonyl (C=O) groups excluding carboxylic acids is 2. The Morgan fingerprint density at radius 1 is 1.16 bits per heavy atom. The van der Waals surface area contributed by atoms with Gasteiger partial charge in [-0.25, -0.2) is 4.39 Å². The van der Waals surface area contributed by atoms with Crippen LogP contribution in [0.5, 0.6) is 0 Å². The summed E-state index contributed by atoms with van der Waals surface area (Å²) in [4.78, 5) is 26.0. The molecule has 1 saturated heterocycles. The summed E-state index contributed by atoms with van der Waals surface area (Å²) in [6.45, 7) is 0. The maximum Gasteiger partial charge on any atom is 0.269 e. The molecule has 2 aromatic carbocycles. The Balaban J connectivity index is 1.94. The van der Waals surface area contributed by atoms with E-state index in [9.17, 15) is 19.2 Å². The van der Waals surface area contributed by atoms with Crippen molar-refractivity contribution in [1.29, 1.82) is 5.26 Å². The van der Waals surface area contributed by atoms with Gasteiger partial charge in [-0.2, -0.15) is 5.26 Å². The number of nitriles is 1. The maximum absolute atomic E-state index is 13.0. The van der Waals surface area contributed by atoms with Gasteiger partial charge in [0.05, 0.1) is 5.75 Å². The largest absolute Gasteiger partial charge is 0.321 e. The van der Waals surface area contributed by atoms with E-state index in [4.69, 9.17) is 0 Å². The minimum Gasteiger partial charge on any atom is -0.321 e. The lowest BCUT2D eigenvalue weighted by Crippen LogP contribution is -2.26. The number of para-hydroxylation sites is 1. The van der Waals surface area contributed by atoms with Crippen LogP contribution in [-0.2, 0) is 9.59 Å². The average molecular weight is 353 g/mol. The number of anilines is 2. The number of halogens is 1. The van der Waals surface area contributed by atoms with Crippen LogP contribution in [0.4, 0.5) is 15.8 Å². The van der Waals surface area contributed by atoms with Crippen LogP contribution < -0.4 is 10.2 Å². The van der Waals surface area contributed by atoms with Gasteiger partial charge in [0.1, 0.15) is 22.5 Å². The highest BCUT2D eigenvalue weighted by Gasteiger charge is 2.33. The minimum absolute atomic E-state index is 0.152. The van der Waals surface area contributed by atoms with Crippen LogP contribution in [0, 0.1) is 17.1 Å². The first-order valence-electron chi connectivity index (χ1n) is 7.32. The molecule has 0 unspecified atom stereocenters. The van der Waals surface area contributed by atoms with E-state index < -0.39 is 11.7 Å². The molecule has 0 aromatic heterocycles. The van der Waals surface area contributed by atoms with Gasteiger partial charge in [-0.3, -0.25) is 14.5 Å². The molecule has 1 heterocycles. The number of carbonyl (C=O) groups is 2. The molecule has 2 aromatic rings. The van der Waals surface area contributed by atoms with Crippen LogP contribution in [0.1, 0.15) is 0 Å². The Kier molecular flexibility index (Phi) is 4.82. The fraction of sp³-hybridized carbons (Fsp3) is 0.0556. The fourth-order valence-corrected chi connectivity index (χ4v) is 3.33. The van der Waals surface area contributed by atoms with Gasteiger partial charge >= 0.3 is 0 Å². The average Bonchev–Trinajstić information content (AvgIpc) is 3.00. The van der Waals surface area contributed by atoms with Gasteiger partial charge in [-0.1, -0.05) is 30.0 Å². The Labute approximate surface area is 147 Å². The Morgan fingerprint density at radius 3 is 2.48 bits per heavy atom. The molecule has 0 bridgehead atoms. The van der Waals surface area contributed by atoms with Gasteiger partial charge in [-0.15, -0.1) is 0 Å². The van der Waals surface area contributed by atoms with Crippen LogP contribution in [0.3, 0.4) is 0 Å². The highest BCUT2D eigenvalue weighted by Crippen LogP contribution is 2.36. The molecule has 0 aliphatic carbocycles. The summed E-state index contributed by atoms with van der Waals surface area (Å²) < 4.78 is 13.0. The molecule has 1 N–H and O–H groups in total. The monoisotopic (exact) mass is 353 g/mol. The Bertz CT molecular complexity index is 889. The summed E-state index contributed by atoms with van der Waals surface area (Å²) in [5, 5.41) is 12.3. The van der Waals surface area contributed by atoms with Crippen molar-refractivity contribution in [3.8, 4) is 6.07 Å². The van der Waals surface area contributed by atoms with Crippen LogP contribution >= 0.6 is 11.8 Å². The first-order chi connectivity index (χ1) is 12.1. The third-order valence-corrected chi connectivity index (χ3v) is 4.51.